The van der Waals surface area contributed by atoms with Gasteiger partial charge in [-0.05, 0) is 43.5 Å². The van der Waals surface area contributed by atoms with E-state index < -0.39 is 0 Å². The molecule has 3 aromatic rings. The Labute approximate surface area is 167 Å². The van der Waals surface area contributed by atoms with Gasteiger partial charge in [0.25, 0.3) is 5.91 Å². The summed E-state index contributed by atoms with van der Waals surface area (Å²) in [5, 5.41) is 13.8. The minimum Gasteiger partial charge on any atom is -0.353 e. The van der Waals surface area contributed by atoms with E-state index in [1.165, 1.54) is 0 Å². The second-order valence-electron chi connectivity index (χ2n) is 7.41. The molecular weight excluding hydrogens is 376 g/mol. The van der Waals surface area contributed by atoms with Gasteiger partial charge in [0.15, 0.2) is 11.5 Å². The number of anilines is 1. The molecule has 5 rings (SSSR count). The third-order valence-electron chi connectivity index (χ3n) is 5.43. The van der Waals surface area contributed by atoms with E-state index in [2.05, 4.69) is 15.1 Å². The van der Waals surface area contributed by atoms with Gasteiger partial charge >= 0.3 is 0 Å². The van der Waals surface area contributed by atoms with E-state index in [-0.39, 0.29) is 5.91 Å². The maximum atomic E-state index is 12.9. The molecule has 0 N–H and O–H groups in total. The third kappa shape index (κ3) is 3.20. The lowest BCUT2D eigenvalue weighted by Gasteiger charge is -2.23. The average molecular weight is 397 g/mol. The first-order valence-electron chi connectivity index (χ1n) is 9.72. The van der Waals surface area contributed by atoms with Crippen LogP contribution in [0.15, 0.2) is 36.4 Å². The summed E-state index contributed by atoms with van der Waals surface area (Å²) in [5.41, 5.74) is 1.35. The standard InChI is InChI=1S/C20H21ClN6O/c21-16-5-2-1-4-15(16)20(28)26-11-3-10-25(12-13-26)18-9-8-17-22-23-19(14-6-7-14)27(17)24-18/h1-2,4-5,8-9,14H,3,6-7,10-13H2. The van der Waals surface area contributed by atoms with Crippen LogP contribution in [0.1, 0.15) is 41.4 Å². The van der Waals surface area contributed by atoms with E-state index in [0.29, 0.717) is 29.6 Å². The smallest absolute Gasteiger partial charge is 0.255 e. The molecule has 1 aliphatic carbocycles. The van der Waals surface area contributed by atoms with E-state index >= 15 is 0 Å². The number of halogens is 1. The van der Waals surface area contributed by atoms with Gasteiger partial charge in [0.1, 0.15) is 5.82 Å². The average Bonchev–Trinajstić information content (AvgIpc) is 3.51. The van der Waals surface area contributed by atoms with Gasteiger partial charge in [-0.3, -0.25) is 4.79 Å². The summed E-state index contributed by atoms with van der Waals surface area (Å²) in [6.07, 6.45) is 3.21. The van der Waals surface area contributed by atoms with E-state index in [1.807, 2.05) is 33.7 Å². The van der Waals surface area contributed by atoms with Crippen molar-refractivity contribution in [3.05, 3.63) is 52.8 Å². The molecule has 1 saturated carbocycles. The number of benzene rings is 1. The van der Waals surface area contributed by atoms with Crippen molar-refractivity contribution in [1.82, 2.24) is 24.7 Å². The number of fused-ring (bicyclic) bond motifs is 1. The number of carbonyl (C=O) groups excluding carboxylic acids is 1. The molecule has 28 heavy (non-hydrogen) atoms. The Hall–Kier alpha value is -2.67. The van der Waals surface area contributed by atoms with Gasteiger partial charge < -0.3 is 9.80 Å². The van der Waals surface area contributed by atoms with Crippen molar-refractivity contribution >= 4 is 29.0 Å². The van der Waals surface area contributed by atoms with E-state index in [4.69, 9.17) is 16.7 Å². The number of amides is 1. The molecule has 1 aliphatic heterocycles. The zero-order chi connectivity index (χ0) is 19.1. The summed E-state index contributed by atoms with van der Waals surface area (Å²) in [6.45, 7) is 2.94. The summed E-state index contributed by atoms with van der Waals surface area (Å²) in [7, 11) is 0. The second kappa shape index (κ2) is 7.05. The minimum atomic E-state index is -0.00862. The highest BCUT2D eigenvalue weighted by molar-refractivity contribution is 6.33. The van der Waals surface area contributed by atoms with Gasteiger partial charge in [-0.2, -0.15) is 4.52 Å². The molecule has 2 aromatic heterocycles. The molecule has 0 spiro atoms. The van der Waals surface area contributed by atoms with E-state index in [1.54, 1.807) is 12.1 Å². The molecule has 1 aromatic carbocycles. The summed E-state index contributed by atoms with van der Waals surface area (Å²) < 4.78 is 1.88. The summed E-state index contributed by atoms with van der Waals surface area (Å²) in [4.78, 5) is 17.0. The van der Waals surface area contributed by atoms with Crippen molar-refractivity contribution < 1.29 is 4.79 Å². The Morgan fingerprint density at radius 3 is 2.68 bits per heavy atom. The van der Waals surface area contributed by atoms with Crippen molar-refractivity contribution in [2.24, 2.45) is 0 Å². The van der Waals surface area contributed by atoms with Gasteiger partial charge in [-0.25, -0.2) is 0 Å². The van der Waals surface area contributed by atoms with Crippen LogP contribution in [0.25, 0.3) is 5.65 Å². The molecule has 0 bridgehead atoms. The van der Waals surface area contributed by atoms with Gasteiger partial charge in [0, 0.05) is 32.1 Å². The van der Waals surface area contributed by atoms with Crippen molar-refractivity contribution in [2.75, 3.05) is 31.1 Å². The zero-order valence-electron chi connectivity index (χ0n) is 15.5. The molecule has 3 heterocycles. The maximum absolute atomic E-state index is 12.9. The molecular formula is C20H21ClN6O. The molecule has 2 fully saturated rings. The molecule has 7 nitrogen and oxygen atoms in total. The topological polar surface area (TPSA) is 66.6 Å². The number of carbonyl (C=O) groups is 1. The normalized spacial score (nSPS) is 17.8. The monoisotopic (exact) mass is 396 g/mol. The first-order valence-corrected chi connectivity index (χ1v) is 10.1. The largest absolute Gasteiger partial charge is 0.353 e. The number of nitrogens with zero attached hydrogens (tertiary/aromatic N) is 6. The van der Waals surface area contributed by atoms with Crippen LogP contribution in [0, 0.1) is 0 Å². The Bertz CT molecular complexity index is 1030. The first-order chi connectivity index (χ1) is 13.7. The molecule has 0 radical (unpaired) electrons. The van der Waals surface area contributed by atoms with Crippen LogP contribution in [-0.2, 0) is 0 Å². The molecule has 0 atom stereocenters. The van der Waals surface area contributed by atoms with Crippen LogP contribution in [0.5, 0.6) is 0 Å². The third-order valence-corrected chi connectivity index (χ3v) is 5.76. The highest BCUT2D eigenvalue weighted by Gasteiger charge is 2.29. The van der Waals surface area contributed by atoms with Crippen molar-refractivity contribution in [2.45, 2.75) is 25.2 Å². The summed E-state index contributed by atoms with van der Waals surface area (Å²) >= 11 is 6.21. The zero-order valence-corrected chi connectivity index (χ0v) is 16.2. The number of aromatic nitrogens is 4. The number of hydrogen-bond acceptors (Lipinski definition) is 5. The fourth-order valence-electron chi connectivity index (χ4n) is 3.72. The van der Waals surface area contributed by atoms with Crippen molar-refractivity contribution in [1.29, 1.82) is 0 Å². The molecule has 144 valence electrons. The maximum Gasteiger partial charge on any atom is 0.255 e. The van der Waals surface area contributed by atoms with E-state index in [0.717, 1.165) is 49.6 Å². The molecule has 1 saturated heterocycles. The Kier molecular flexibility index (Phi) is 4.39. The fourth-order valence-corrected chi connectivity index (χ4v) is 3.93. The lowest BCUT2D eigenvalue weighted by atomic mass is 10.2. The SMILES string of the molecule is O=C(c1ccccc1Cl)N1CCCN(c2ccc3nnc(C4CC4)n3n2)CC1. The lowest BCUT2D eigenvalue weighted by molar-refractivity contribution is 0.0767. The van der Waals surface area contributed by atoms with Crippen molar-refractivity contribution in [3.63, 3.8) is 0 Å². The first kappa shape index (κ1) is 17.4. The lowest BCUT2D eigenvalue weighted by Crippen LogP contribution is -2.35. The summed E-state index contributed by atoms with van der Waals surface area (Å²) in [5.74, 6) is 2.35. The van der Waals surface area contributed by atoms with E-state index in [9.17, 15) is 4.79 Å². The fraction of sp³-hybridized carbons (Fsp3) is 0.400. The number of hydrogen-bond donors (Lipinski definition) is 0. The quantitative estimate of drug-likeness (QED) is 0.680. The van der Waals surface area contributed by atoms with Crippen LogP contribution in [0.4, 0.5) is 5.82 Å². The molecule has 2 aliphatic rings. The predicted molar refractivity (Wildman–Crippen MR) is 107 cm³/mol. The second-order valence-corrected chi connectivity index (χ2v) is 7.81. The van der Waals surface area contributed by atoms with Gasteiger partial charge in [-0.1, -0.05) is 23.7 Å². The molecule has 8 heteroatoms. The number of rotatable bonds is 3. The highest BCUT2D eigenvalue weighted by atomic mass is 35.5. The van der Waals surface area contributed by atoms with Crippen LogP contribution < -0.4 is 4.90 Å². The Morgan fingerprint density at radius 1 is 1.00 bits per heavy atom. The van der Waals surface area contributed by atoms with Crippen LogP contribution in [-0.4, -0.2) is 56.8 Å². The van der Waals surface area contributed by atoms with Gasteiger partial charge in [-0.15, -0.1) is 15.3 Å². The summed E-state index contributed by atoms with van der Waals surface area (Å²) in [6, 6.07) is 11.2. The predicted octanol–water partition coefficient (Wildman–Crippen LogP) is 3.01. The van der Waals surface area contributed by atoms with Crippen LogP contribution >= 0.6 is 11.6 Å². The minimum absolute atomic E-state index is 0.00862. The molecule has 0 unspecified atom stereocenters. The van der Waals surface area contributed by atoms with Crippen LogP contribution in [0.3, 0.4) is 0 Å². The van der Waals surface area contributed by atoms with Gasteiger partial charge in [0.05, 0.1) is 10.6 Å². The van der Waals surface area contributed by atoms with Crippen molar-refractivity contribution in [3.8, 4) is 0 Å². The Balaban J connectivity index is 1.34. The van der Waals surface area contributed by atoms with Crippen LogP contribution in [0.2, 0.25) is 5.02 Å². The highest BCUT2D eigenvalue weighted by Crippen LogP contribution is 2.38. The Morgan fingerprint density at radius 2 is 1.86 bits per heavy atom. The molecule has 1 amide bonds. The van der Waals surface area contributed by atoms with Gasteiger partial charge in [0.2, 0.25) is 0 Å².